The summed E-state index contributed by atoms with van der Waals surface area (Å²) in [4.78, 5) is 15.0. The normalized spacial score (nSPS) is 16.6. The Morgan fingerprint density at radius 2 is 1.87 bits per heavy atom. The molecule has 31 heavy (non-hydrogen) atoms. The standard InChI is InChI=1S/C24H27N3O4/c1-29-21-11-5-3-8-18(21)16-27-13-7-9-17(15-27)20-14-23(31-26-20)24(28)25-19-10-4-6-12-22(19)30-2/h3-6,8,10-12,14,17H,7,9,13,15-16H2,1-2H3,(H,25,28). The lowest BCUT2D eigenvalue weighted by Crippen LogP contribution is -2.34. The molecule has 1 N–H and O–H groups in total. The van der Waals surface area contributed by atoms with E-state index in [0.717, 1.165) is 43.9 Å². The van der Waals surface area contributed by atoms with Crippen molar-refractivity contribution in [1.82, 2.24) is 10.1 Å². The number of piperidine rings is 1. The van der Waals surface area contributed by atoms with E-state index in [0.29, 0.717) is 11.4 Å². The second-order valence-electron chi connectivity index (χ2n) is 7.66. The molecule has 162 valence electrons. The van der Waals surface area contributed by atoms with Gasteiger partial charge in [-0.3, -0.25) is 9.69 Å². The van der Waals surface area contributed by atoms with Gasteiger partial charge in [-0.2, -0.15) is 0 Å². The van der Waals surface area contributed by atoms with E-state index in [-0.39, 0.29) is 17.6 Å². The summed E-state index contributed by atoms with van der Waals surface area (Å²) in [6.45, 7) is 2.70. The van der Waals surface area contributed by atoms with Crippen LogP contribution in [0, 0.1) is 0 Å². The number of methoxy groups -OCH3 is 2. The smallest absolute Gasteiger partial charge is 0.294 e. The van der Waals surface area contributed by atoms with Crippen LogP contribution < -0.4 is 14.8 Å². The lowest BCUT2D eigenvalue weighted by atomic mass is 9.94. The summed E-state index contributed by atoms with van der Waals surface area (Å²) in [7, 11) is 3.27. The van der Waals surface area contributed by atoms with Crippen molar-refractivity contribution in [3.63, 3.8) is 0 Å². The van der Waals surface area contributed by atoms with Gasteiger partial charge in [-0.25, -0.2) is 0 Å². The summed E-state index contributed by atoms with van der Waals surface area (Å²) in [6, 6.07) is 17.1. The third-order valence-corrected chi connectivity index (χ3v) is 5.62. The van der Waals surface area contributed by atoms with Crippen LogP contribution in [0.5, 0.6) is 11.5 Å². The number of hydrogen-bond acceptors (Lipinski definition) is 6. The first-order valence-corrected chi connectivity index (χ1v) is 10.4. The monoisotopic (exact) mass is 421 g/mol. The topological polar surface area (TPSA) is 76.8 Å². The third kappa shape index (κ3) is 4.88. The van der Waals surface area contributed by atoms with Crippen LogP contribution in [-0.4, -0.2) is 43.3 Å². The van der Waals surface area contributed by atoms with Crippen molar-refractivity contribution in [2.45, 2.75) is 25.3 Å². The Morgan fingerprint density at radius 1 is 1.13 bits per heavy atom. The molecule has 2 aromatic carbocycles. The van der Waals surface area contributed by atoms with Gasteiger partial charge < -0.3 is 19.3 Å². The number of amides is 1. The Morgan fingerprint density at radius 3 is 2.68 bits per heavy atom. The highest BCUT2D eigenvalue weighted by atomic mass is 16.5. The molecule has 4 rings (SSSR count). The van der Waals surface area contributed by atoms with Crippen LogP contribution in [-0.2, 0) is 6.54 Å². The zero-order chi connectivity index (χ0) is 21.6. The molecule has 0 saturated carbocycles. The molecule has 7 heteroatoms. The van der Waals surface area contributed by atoms with E-state index in [2.05, 4.69) is 21.4 Å². The van der Waals surface area contributed by atoms with Crippen LogP contribution in [0.1, 0.15) is 40.6 Å². The summed E-state index contributed by atoms with van der Waals surface area (Å²) in [5.41, 5.74) is 2.58. The zero-order valence-electron chi connectivity index (χ0n) is 17.8. The molecule has 1 aliphatic rings. The number of nitrogens with one attached hydrogen (secondary N) is 1. The second kappa shape index (κ2) is 9.66. The fraction of sp³-hybridized carbons (Fsp3) is 0.333. The second-order valence-corrected chi connectivity index (χ2v) is 7.66. The zero-order valence-corrected chi connectivity index (χ0v) is 17.8. The highest BCUT2D eigenvalue weighted by Gasteiger charge is 2.26. The van der Waals surface area contributed by atoms with E-state index in [1.807, 2.05) is 30.3 Å². The van der Waals surface area contributed by atoms with Gasteiger partial charge >= 0.3 is 0 Å². The molecule has 1 unspecified atom stereocenters. The highest BCUT2D eigenvalue weighted by Crippen LogP contribution is 2.30. The van der Waals surface area contributed by atoms with E-state index < -0.39 is 0 Å². The quantitative estimate of drug-likeness (QED) is 0.612. The van der Waals surface area contributed by atoms with E-state index in [1.54, 1.807) is 32.4 Å². The first kappa shape index (κ1) is 20.9. The molecule has 1 aromatic heterocycles. The van der Waals surface area contributed by atoms with Crippen LogP contribution in [0.3, 0.4) is 0 Å². The number of anilines is 1. The highest BCUT2D eigenvalue weighted by molar-refractivity contribution is 6.03. The number of aromatic nitrogens is 1. The Kier molecular flexibility index (Phi) is 6.52. The maximum atomic E-state index is 12.6. The van der Waals surface area contributed by atoms with Crippen molar-refractivity contribution in [1.29, 1.82) is 0 Å². The summed E-state index contributed by atoms with van der Waals surface area (Å²) in [5.74, 6) is 1.57. The average molecular weight is 421 g/mol. The van der Waals surface area contributed by atoms with Gasteiger partial charge in [0.15, 0.2) is 0 Å². The molecule has 1 fully saturated rings. The van der Waals surface area contributed by atoms with Crippen LogP contribution >= 0.6 is 0 Å². The lowest BCUT2D eigenvalue weighted by molar-refractivity contribution is 0.0987. The van der Waals surface area contributed by atoms with Crippen LogP contribution in [0.2, 0.25) is 0 Å². The number of benzene rings is 2. The van der Waals surface area contributed by atoms with E-state index in [1.165, 1.54) is 5.56 Å². The molecule has 0 aliphatic carbocycles. The number of likely N-dealkylation sites (tertiary alicyclic amines) is 1. The molecule has 1 aliphatic heterocycles. The minimum Gasteiger partial charge on any atom is -0.496 e. The van der Waals surface area contributed by atoms with Gasteiger partial charge in [0.2, 0.25) is 5.76 Å². The fourth-order valence-corrected chi connectivity index (χ4v) is 4.04. The fourth-order valence-electron chi connectivity index (χ4n) is 4.04. The Hall–Kier alpha value is -3.32. The van der Waals surface area contributed by atoms with Gasteiger partial charge in [0.25, 0.3) is 5.91 Å². The number of para-hydroxylation sites is 3. The van der Waals surface area contributed by atoms with E-state index in [9.17, 15) is 4.79 Å². The third-order valence-electron chi connectivity index (χ3n) is 5.62. The van der Waals surface area contributed by atoms with Crippen molar-refractivity contribution in [2.24, 2.45) is 0 Å². The molecule has 1 saturated heterocycles. The molecule has 1 atom stereocenters. The van der Waals surface area contributed by atoms with Crippen molar-refractivity contribution < 1.29 is 18.8 Å². The van der Waals surface area contributed by atoms with Crippen molar-refractivity contribution in [2.75, 3.05) is 32.6 Å². The van der Waals surface area contributed by atoms with Crippen LogP contribution in [0.4, 0.5) is 5.69 Å². The Balaban J connectivity index is 1.41. The first-order valence-electron chi connectivity index (χ1n) is 10.4. The molecular formula is C24H27N3O4. The van der Waals surface area contributed by atoms with Crippen molar-refractivity contribution in [3.8, 4) is 11.5 Å². The summed E-state index contributed by atoms with van der Waals surface area (Å²) in [6.07, 6.45) is 2.08. The number of carbonyl (C=O) groups excluding carboxylic acids is 1. The summed E-state index contributed by atoms with van der Waals surface area (Å²) in [5, 5.41) is 7.03. The Labute approximate surface area is 181 Å². The van der Waals surface area contributed by atoms with Gasteiger partial charge in [-0.1, -0.05) is 35.5 Å². The molecule has 2 heterocycles. The molecule has 0 radical (unpaired) electrons. The molecule has 0 bridgehead atoms. The van der Waals surface area contributed by atoms with Gasteiger partial charge in [0, 0.05) is 30.6 Å². The summed E-state index contributed by atoms with van der Waals surface area (Å²) >= 11 is 0. The molecule has 3 aromatic rings. The number of ether oxygens (including phenoxy) is 2. The predicted octanol–water partition coefficient (Wildman–Crippen LogP) is 4.32. The number of hydrogen-bond donors (Lipinski definition) is 1. The van der Waals surface area contributed by atoms with E-state index >= 15 is 0 Å². The van der Waals surface area contributed by atoms with Gasteiger partial charge in [0.1, 0.15) is 11.5 Å². The van der Waals surface area contributed by atoms with Crippen molar-refractivity contribution >= 4 is 11.6 Å². The number of carbonyl (C=O) groups is 1. The minimum atomic E-state index is -0.343. The average Bonchev–Trinajstić information content (AvgIpc) is 3.31. The Bertz CT molecular complexity index is 1030. The lowest BCUT2D eigenvalue weighted by Gasteiger charge is -2.32. The van der Waals surface area contributed by atoms with Gasteiger partial charge in [0.05, 0.1) is 25.6 Å². The SMILES string of the molecule is COc1ccccc1CN1CCCC(c2cc(C(=O)Nc3ccccc3OC)on2)C1. The summed E-state index contributed by atoms with van der Waals surface area (Å²) < 4.78 is 16.1. The molecule has 1 amide bonds. The predicted molar refractivity (Wildman–Crippen MR) is 118 cm³/mol. The van der Waals surface area contributed by atoms with Gasteiger partial charge in [-0.05, 0) is 37.6 Å². The van der Waals surface area contributed by atoms with Crippen LogP contribution in [0.25, 0.3) is 0 Å². The number of nitrogens with zero attached hydrogens (tertiary/aromatic N) is 2. The maximum absolute atomic E-state index is 12.6. The number of rotatable bonds is 7. The molecule has 7 nitrogen and oxygen atoms in total. The minimum absolute atomic E-state index is 0.197. The largest absolute Gasteiger partial charge is 0.496 e. The first-order chi connectivity index (χ1) is 15.2. The molecule has 0 spiro atoms. The van der Waals surface area contributed by atoms with Crippen molar-refractivity contribution in [3.05, 3.63) is 71.6 Å². The van der Waals surface area contributed by atoms with E-state index in [4.69, 9.17) is 14.0 Å². The molecular weight excluding hydrogens is 394 g/mol. The van der Waals surface area contributed by atoms with Gasteiger partial charge in [-0.15, -0.1) is 0 Å². The van der Waals surface area contributed by atoms with Crippen LogP contribution in [0.15, 0.2) is 59.1 Å². The maximum Gasteiger partial charge on any atom is 0.294 e.